The largest absolute Gasteiger partial charge is 0.497 e. The molecule has 1 aliphatic heterocycles. The predicted molar refractivity (Wildman–Crippen MR) is 102 cm³/mol. The zero-order valence-electron chi connectivity index (χ0n) is 15.6. The zero-order chi connectivity index (χ0) is 19.4. The van der Waals surface area contributed by atoms with Crippen LogP contribution in [-0.2, 0) is 11.3 Å². The number of imidazole rings is 1. The predicted octanol–water partition coefficient (Wildman–Crippen LogP) is 1.65. The van der Waals surface area contributed by atoms with Crippen LogP contribution >= 0.6 is 11.6 Å². The van der Waals surface area contributed by atoms with E-state index in [1.807, 2.05) is 6.92 Å². The molecule has 3 rings (SSSR count). The number of amides is 1. The van der Waals surface area contributed by atoms with Gasteiger partial charge in [0.15, 0.2) is 0 Å². The van der Waals surface area contributed by atoms with Gasteiger partial charge in [0, 0.05) is 25.0 Å². The molecule has 1 aliphatic rings. The Bertz CT molecular complexity index is 797. The molecule has 1 aromatic heterocycles. The van der Waals surface area contributed by atoms with Gasteiger partial charge in [0.05, 0.1) is 24.7 Å². The van der Waals surface area contributed by atoms with Crippen LogP contribution in [0.3, 0.4) is 0 Å². The van der Waals surface area contributed by atoms with Crippen LogP contribution in [0.5, 0.6) is 11.5 Å². The molecule has 0 aliphatic carbocycles. The van der Waals surface area contributed by atoms with E-state index < -0.39 is 0 Å². The third-order valence-electron chi connectivity index (χ3n) is 4.38. The third kappa shape index (κ3) is 4.91. The van der Waals surface area contributed by atoms with Crippen LogP contribution in [-0.4, -0.2) is 53.6 Å². The smallest absolute Gasteiger partial charge is 0.241 e. The number of hydrazine groups is 1. The van der Waals surface area contributed by atoms with Crippen LogP contribution in [0.2, 0.25) is 5.02 Å². The summed E-state index contributed by atoms with van der Waals surface area (Å²) in [7, 11) is 3.35. The number of rotatable bonds is 7. The number of hydrogen-bond donors (Lipinski definition) is 3. The number of nitrogens with one attached hydrogen (secondary N) is 3. The van der Waals surface area contributed by atoms with E-state index in [9.17, 15) is 4.79 Å². The summed E-state index contributed by atoms with van der Waals surface area (Å²) >= 11 is 6.18. The van der Waals surface area contributed by atoms with Crippen LogP contribution in [0.15, 0.2) is 24.4 Å². The maximum atomic E-state index is 12.6. The van der Waals surface area contributed by atoms with Gasteiger partial charge in [-0.05, 0) is 25.5 Å². The van der Waals surface area contributed by atoms with Crippen molar-refractivity contribution >= 4 is 17.5 Å². The number of benzene rings is 1. The molecule has 2 atom stereocenters. The molecule has 0 radical (unpaired) electrons. The number of H-pyrrole nitrogens is 1. The second-order valence-corrected chi connectivity index (χ2v) is 7.00. The molecule has 2 heterocycles. The summed E-state index contributed by atoms with van der Waals surface area (Å²) in [6.45, 7) is 2.76. The number of carbonyl (C=O) groups is 1. The number of aromatic amines is 1. The Kier molecular flexibility index (Phi) is 6.20. The van der Waals surface area contributed by atoms with Crippen molar-refractivity contribution in [3.05, 3.63) is 40.9 Å². The van der Waals surface area contributed by atoms with Crippen molar-refractivity contribution in [2.24, 2.45) is 0 Å². The van der Waals surface area contributed by atoms with E-state index in [1.165, 1.54) is 0 Å². The van der Waals surface area contributed by atoms with Crippen LogP contribution in [0.25, 0.3) is 0 Å². The molecule has 2 aromatic rings. The monoisotopic (exact) mass is 393 g/mol. The summed E-state index contributed by atoms with van der Waals surface area (Å²) in [6.07, 6.45) is 2.37. The Morgan fingerprint density at radius 1 is 1.41 bits per heavy atom. The Hall–Kier alpha value is -2.29. The Morgan fingerprint density at radius 2 is 2.22 bits per heavy atom. The first kappa shape index (κ1) is 19.5. The van der Waals surface area contributed by atoms with Crippen LogP contribution in [0, 0.1) is 6.92 Å². The molecule has 2 unspecified atom stereocenters. The van der Waals surface area contributed by atoms with Crippen molar-refractivity contribution in [1.82, 2.24) is 25.7 Å². The number of carbonyl (C=O) groups excluding carboxylic acids is 1. The van der Waals surface area contributed by atoms with Gasteiger partial charge in [0.25, 0.3) is 0 Å². The molecule has 8 nitrogen and oxygen atoms in total. The molecule has 27 heavy (non-hydrogen) atoms. The van der Waals surface area contributed by atoms with Gasteiger partial charge < -0.3 is 19.4 Å². The fraction of sp³-hybridized carbons (Fsp3) is 0.444. The summed E-state index contributed by atoms with van der Waals surface area (Å²) in [5.41, 5.74) is 7.12. The lowest BCUT2D eigenvalue weighted by Crippen LogP contribution is -2.44. The van der Waals surface area contributed by atoms with Gasteiger partial charge in [-0.15, -0.1) is 0 Å². The average molecular weight is 394 g/mol. The lowest BCUT2D eigenvalue weighted by molar-refractivity contribution is -0.132. The molecule has 146 valence electrons. The minimum absolute atomic E-state index is 0.00142. The lowest BCUT2D eigenvalue weighted by Gasteiger charge is -2.19. The van der Waals surface area contributed by atoms with Gasteiger partial charge in [-0.25, -0.2) is 10.4 Å². The minimum atomic E-state index is -0.314. The van der Waals surface area contributed by atoms with Crippen molar-refractivity contribution < 1.29 is 14.3 Å². The molecule has 1 saturated heterocycles. The van der Waals surface area contributed by atoms with E-state index in [0.29, 0.717) is 36.1 Å². The highest BCUT2D eigenvalue weighted by atomic mass is 35.5. The highest BCUT2D eigenvalue weighted by Crippen LogP contribution is 2.29. The van der Waals surface area contributed by atoms with Gasteiger partial charge in [-0.1, -0.05) is 11.6 Å². The van der Waals surface area contributed by atoms with E-state index in [0.717, 1.165) is 11.5 Å². The van der Waals surface area contributed by atoms with Crippen LogP contribution < -0.4 is 20.3 Å². The van der Waals surface area contributed by atoms with E-state index in [-0.39, 0.29) is 18.0 Å². The molecule has 0 saturated carbocycles. The van der Waals surface area contributed by atoms with Crippen molar-refractivity contribution in [1.29, 1.82) is 0 Å². The molecular weight excluding hydrogens is 370 g/mol. The molecule has 3 N–H and O–H groups in total. The number of likely N-dealkylation sites (N-methyl/N-ethyl adjacent to an activating group) is 1. The summed E-state index contributed by atoms with van der Waals surface area (Å²) < 4.78 is 10.9. The molecule has 0 spiro atoms. The fourth-order valence-corrected chi connectivity index (χ4v) is 3.15. The van der Waals surface area contributed by atoms with Crippen molar-refractivity contribution in [3.8, 4) is 11.5 Å². The van der Waals surface area contributed by atoms with Crippen LogP contribution in [0.1, 0.15) is 17.9 Å². The lowest BCUT2D eigenvalue weighted by atomic mass is 10.1. The number of nitrogens with zero attached hydrogens (tertiary/aromatic N) is 2. The molecule has 0 bridgehead atoms. The fourth-order valence-electron chi connectivity index (χ4n) is 2.92. The highest BCUT2D eigenvalue weighted by Gasteiger charge is 2.31. The highest BCUT2D eigenvalue weighted by molar-refractivity contribution is 6.32. The second kappa shape index (κ2) is 8.60. The van der Waals surface area contributed by atoms with Crippen molar-refractivity contribution in [2.75, 3.05) is 20.8 Å². The summed E-state index contributed by atoms with van der Waals surface area (Å²) in [5, 5.41) is 0.487. The maximum Gasteiger partial charge on any atom is 0.241 e. The SMILES string of the molecule is COc1ccc(OCC2CC(C(=O)N(C)Cc3ncc(C)[nH]3)NN2)c(Cl)c1. The molecule has 1 aromatic carbocycles. The van der Waals surface area contributed by atoms with Gasteiger partial charge in [-0.3, -0.25) is 10.2 Å². The molecule has 1 fully saturated rings. The topological polar surface area (TPSA) is 91.5 Å². The van der Waals surface area contributed by atoms with Gasteiger partial charge in [-0.2, -0.15) is 0 Å². The maximum absolute atomic E-state index is 12.6. The first-order valence-electron chi connectivity index (χ1n) is 8.69. The summed E-state index contributed by atoms with van der Waals surface area (Å²) in [6, 6.07) is 4.95. The minimum Gasteiger partial charge on any atom is -0.497 e. The number of aryl methyl sites for hydroxylation is 1. The Labute approximate surface area is 163 Å². The third-order valence-corrected chi connectivity index (χ3v) is 4.67. The number of hydrogen-bond acceptors (Lipinski definition) is 6. The van der Waals surface area contributed by atoms with E-state index in [1.54, 1.807) is 43.5 Å². The van der Waals surface area contributed by atoms with Crippen molar-refractivity contribution in [2.45, 2.75) is 32.0 Å². The van der Waals surface area contributed by atoms with E-state index >= 15 is 0 Å². The first-order chi connectivity index (χ1) is 13.0. The molecular formula is C18H24ClN5O3. The summed E-state index contributed by atoms with van der Waals surface area (Å²) in [4.78, 5) is 21.6. The second-order valence-electron chi connectivity index (χ2n) is 6.59. The van der Waals surface area contributed by atoms with Gasteiger partial charge in [0.1, 0.15) is 30.0 Å². The normalized spacial score (nSPS) is 19.1. The van der Waals surface area contributed by atoms with E-state index in [2.05, 4.69) is 20.8 Å². The van der Waals surface area contributed by atoms with Crippen molar-refractivity contribution in [3.63, 3.8) is 0 Å². The number of aromatic nitrogens is 2. The van der Waals surface area contributed by atoms with E-state index in [4.69, 9.17) is 21.1 Å². The number of methoxy groups -OCH3 is 1. The standard InChI is InChI=1S/C18H24ClN5O3/c1-11-8-20-17(21-11)9-24(2)18(25)15-6-12(22-23-15)10-27-16-5-4-13(26-3)7-14(16)19/h4-5,7-8,12,15,22-23H,6,9-10H2,1-3H3,(H,20,21). The quantitative estimate of drug-likeness (QED) is 0.662. The average Bonchev–Trinajstić information content (AvgIpc) is 3.29. The summed E-state index contributed by atoms with van der Waals surface area (Å²) in [5.74, 6) is 2.03. The first-order valence-corrected chi connectivity index (χ1v) is 9.07. The number of ether oxygens (including phenoxy) is 2. The Morgan fingerprint density at radius 3 is 2.89 bits per heavy atom. The Balaban J connectivity index is 1.48. The van der Waals surface area contributed by atoms with Gasteiger partial charge in [0.2, 0.25) is 5.91 Å². The van der Waals surface area contributed by atoms with Crippen LogP contribution in [0.4, 0.5) is 0 Å². The molecule has 9 heteroatoms. The zero-order valence-corrected chi connectivity index (χ0v) is 16.3. The molecule has 1 amide bonds. The number of halogens is 1. The van der Waals surface area contributed by atoms with Gasteiger partial charge >= 0.3 is 0 Å².